The molecule has 0 atom stereocenters. The van der Waals surface area contributed by atoms with Gasteiger partial charge in [0.15, 0.2) is 0 Å². The lowest BCUT2D eigenvalue weighted by atomic mass is 10.2. The van der Waals surface area contributed by atoms with E-state index in [9.17, 15) is 0 Å². The third-order valence-corrected chi connectivity index (χ3v) is 3.81. The summed E-state index contributed by atoms with van der Waals surface area (Å²) in [4.78, 5) is 4.46. The molecule has 4 rings (SSSR count). The maximum Gasteiger partial charge on any atom is 0.258 e. The van der Waals surface area contributed by atoms with E-state index in [0.717, 1.165) is 22.4 Å². The van der Waals surface area contributed by atoms with Crippen LogP contribution < -0.4 is 4.74 Å². The predicted molar refractivity (Wildman–Crippen MR) is 95.9 cm³/mol. The van der Waals surface area contributed by atoms with Crippen molar-refractivity contribution in [1.29, 1.82) is 0 Å². The SMILES string of the molecule is c1ccc(COc2ccc(-c3nc(-c4ccccc4)no3)cc2)cc1. The van der Waals surface area contributed by atoms with Gasteiger partial charge >= 0.3 is 0 Å². The number of aromatic nitrogens is 2. The van der Waals surface area contributed by atoms with Gasteiger partial charge in [0.1, 0.15) is 12.4 Å². The van der Waals surface area contributed by atoms with E-state index >= 15 is 0 Å². The van der Waals surface area contributed by atoms with Gasteiger partial charge in [-0.15, -0.1) is 0 Å². The first-order valence-electron chi connectivity index (χ1n) is 8.05. The Kier molecular flexibility index (Phi) is 4.25. The zero-order valence-electron chi connectivity index (χ0n) is 13.5. The van der Waals surface area contributed by atoms with Crippen LogP contribution in [0.3, 0.4) is 0 Å². The first-order valence-corrected chi connectivity index (χ1v) is 8.05. The molecule has 0 saturated carbocycles. The van der Waals surface area contributed by atoms with Crippen molar-refractivity contribution in [3.8, 4) is 28.6 Å². The number of hydrogen-bond donors (Lipinski definition) is 0. The molecule has 1 heterocycles. The van der Waals surface area contributed by atoms with E-state index in [1.165, 1.54) is 0 Å². The zero-order chi connectivity index (χ0) is 16.9. The molecule has 25 heavy (non-hydrogen) atoms. The van der Waals surface area contributed by atoms with Crippen LogP contribution in [-0.2, 0) is 6.61 Å². The molecule has 0 N–H and O–H groups in total. The molecule has 4 nitrogen and oxygen atoms in total. The number of ether oxygens (including phenoxy) is 1. The molecule has 0 amide bonds. The van der Waals surface area contributed by atoms with Gasteiger partial charge in [0.2, 0.25) is 5.82 Å². The summed E-state index contributed by atoms with van der Waals surface area (Å²) in [5, 5.41) is 4.04. The first kappa shape index (κ1) is 15.1. The summed E-state index contributed by atoms with van der Waals surface area (Å²) in [5.74, 6) is 1.88. The normalized spacial score (nSPS) is 10.6. The largest absolute Gasteiger partial charge is 0.489 e. The lowest BCUT2D eigenvalue weighted by Crippen LogP contribution is -1.94. The fraction of sp³-hybridized carbons (Fsp3) is 0.0476. The molecule has 0 aliphatic heterocycles. The predicted octanol–water partition coefficient (Wildman–Crippen LogP) is 4.98. The average Bonchev–Trinajstić information content (AvgIpc) is 3.19. The van der Waals surface area contributed by atoms with Crippen LogP contribution in [-0.4, -0.2) is 10.1 Å². The second-order valence-corrected chi connectivity index (χ2v) is 5.59. The summed E-state index contributed by atoms with van der Waals surface area (Å²) in [6.07, 6.45) is 0. The van der Waals surface area contributed by atoms with Gasteiger partial charge in [-0.05, 0) is 29.8 Å². The van der Waals surface area contributed by atoms with Crippen LogP contribution in [0.1, 0.15) is 5.56 Å². The van der Waals surface area contributed by atoms with Crippen molar-refractivity contribution in [1.82, 2.24) is 10.1 Å². The number of rotatable bonds is 5. The maximum atomic E-state index is 5.79. The fourth-order valence-corrected chi connectivity index (χ4v) is 2.48. The minimum absolute atomic E-state index is 0.494. The van der Waals surface area contributed by atoms with Crippen LogP contribution in [0.2, 0.25) is 0 Å². The Morgan fingerprint density at radius 3 is 2.12 bits per heavy atom. The van der Waals surface area contributed by atoms with Gasteiger partial charge in [0.05, 0.1) is 0 Å². The topological polar surface area (TPSA) is 48.2 Å². The second kappa shape index (κ2) is 7.01. The van der Waals surface area contributed by atoms with Crippen LogP contribution >= 0.6 is 0 Å². The van der Waals surface area contributed by atoms with Crippen molar-refractivity contribution in [2.24, 2.45) is 0 Å². The van der Waals surface area contributed by atoms with Gasteiger partial charge in [-0.25, -0.2) is 0 Å². The fourth-order valence-electron chi connectivity index (χ4n) is 2.48. The molecule has 0 bridgehead atoms. The smallest absolute Gasteiger partial charge is 0.258 e. The third-order valence-electron chi connectivity index (χ3n) is 3.81. The highest BCUT2D eigenvalue weighted by Crippen LogP contribution is 2.24. The van der Waals surface area contributed by atoms with Crippen molar-refractivity contribution >= 4 is 0 Å². The monoisotopic (exact) mass is 328 g/mol. The van der Waals surface area contributed by atoms with Gasteiger partial charge in [0, 0.05) is 11.1 Å². The summed E-state index contributed by atoms with van der Waals surface area (Å²) in [5.41, 5.74) is 2.93. The van der Waals surface area contributed by atoms with Crippen LogP contribution in [0, 0.1) is 0 Å². The van der Waals surface area contributed by atoms with Crippen LogP contribution in [0.15, 0.2) is 89.5 Å². The summed E-state index contributed by atoms with van der Waals surface area (Å²) >= 11 is 0. The minimum atomic E-state index is 0.494. The number of hydrogen-bond acceptors (Lipinski definition) is 4. The summed E-state index contributed by atoms with van der Waals surface area (Å²) in [6, 6.07) is 27.5. The molecule has 1 aromatic heterocycles. The Balaban J connectivity index is 1.46. The zero-order valence-corrected chi connectivity index (χ0v) is 13.5. The quantitative estimate of drug-likeness (QED) is 0.518. The van der Waals surface area contributed by atoms with Crippen LogP contribution in [0.4, 0.5) is 0 Å². The van der Waals surface area contributed by atoms with E-state index in [1.54, 1.807) is 0 Å². The molecule has 0 aliphatic rings. The van der Waals surface area contributed by atoms with Gasteiger partial charge in [-0.3, -0.25) is 0 Å². The first-order chi connectivity index (χ1) is 12.4. The minimum Gasteiger partial charge on any atom is -0.489 e. The lowest BCUT2D eigenvalue weighted by Gasteiger charge is -2.06. The summed E-state index contributed by atoms with van der Waals surface area (Å²) < 4.78 is 11.2. The van der Waals surface area contributed by atoms with Crippen molar-refractivity contribution in [3.63, 3.8) is 0 Å². The molecule has 0 unspecified atom stereocenters. The van der Waals surface area contributed by atoms with Gasteiger partial charge < -0.3 is 9.26 Å². The van der Waals surface area contributed by atoms with Crippen molar-refractivity contribution < 1.29 is 9.26 Å². The Morgan fingerprint density at radius 1 is 0.720 bits per heavy atom. The molecule has 0 spiro atoms. The Hall–Kier alpha value is -3.40. The lowest BCUT2D eigenvalue weighted by molar-refractivity contribution is 0.306. The highest BCUT2D eigenvalue weighted by molar-refractivity contribution is 5.60. The van der Waals surface area contributed by atoms with Crippen molar-refractivity contribution in [2.75, 3.05) is 0 Å². The Morgan fingerprint density at radius 2 is 1.40 bits per heavy atom. The Bertz CT molecular complexity index is 933. The van der Waals surface area contributed by atoms with Gasteiger partial charge in [-0.1, -0.05) is 65.8 Å². The number of nitrogens with zero attached hydrogens (tertiary/aromatic N) is 2. The van der Waals surface area contributed by atoms with E-state index in [2.05, 4.69) is 10.1 Å². The second-order valence-electron chi connectivity index (χ2n) is 5.59. The standard InChI is InChI=1S/C21H16N2O2/c1-3-7-16(8-4-1)15-24-19-13-11-18(12-14-19)21-22-20(23-25-21)17-9-5-2-6-10-17/h1-14H,15H2. The average molecular weight is 328 g/mol. The maximum absolute atomic E-state index is 5.79. The molecule has 0 aliphatic carbocycles. The van der Waals surface area contributed by atoms with E-state index in [4.69, 9.17) is 9.26 Å². The van der Waals surface area contributed by atoms with Crippen LogP contribution in [0.5, 0.6) is 5.75 Å². The summed E-state index contributed by atoms with van der Waals surface area (Å²) in [6.45, 7) is 0.541. The van der Waals surface area contributed by atoms with Gasteiger partial charge in [-0.2, -0.15) is 4.98 Å². The third kappa shape index (κ3) is 3.58. The summed E-state index contributed by atoms with van der Waals surface area (Å²) in [7, 11) is 0. The Labute approximate surface area is 145 Å². The molecule has 122 valence electrons. The molecule has 0 fully saturated rings. The highest BCUT2D eigenvalue weighted by atomic mass is 16.5. The highest BCUT2D eigenvalue weighted by Gasteiger charge is 2.10. The van der Waals surface area contributed by atoms with E-state index in [1.807, 2.05) is 84.9 Å². The molecule has 3 aromatic carbocycles. The molecule has 4 heteroatoms. The van der Waals surface area contributed by atoms with E-state index in [-0.39, 0.29) is 0 Å². The van der Waals surface area contributed by atoms with Crippen molar-refractivity contribution in [2.45, 2.75) is 6.61 Å². The molecule has 4 aromatic rings. The van der Waals surface area contributed by atoms with E-state index < -0.39 is 0 Å². The molecular formula is C21H16N2O2. The molecule has 0 saturated heterocycles. The van der Waals surface area contributed by atoms with E-state index in [0.29, 0.717) is 18.3 Å². The molecular weight excluding hydrogens is 312 g/mol. The van der Waals surface area contributed by atoms with Crippen molar-refractivity contribution in [3.05, 3.63) is 90.5 Å². The van der Waals surface area contributed by atoms with Gasteiger partial charge in [0.25, 0.3) is 5.89 Å². The number of benzene rings is 3. The van der Waals surface area contributed by atoms with Crippen LogP contribution in [0.25, 0.3) is 22.8 Å². The molecule has 0 radical (unpaired) electrons.